The lowest BCUT2D eigenvalue weighted by atomic mass is 10.3. The number of hydrogen-bond acceptors (Lipinski definition) is 5. The van der Waals surface area contributed by atoms with Crippen molar-refractivity contribution in [2.45, 2.75) is 20.4 Å². The van der Waals surface area contributed by atoms with E-state index in [0.717, 1.165) is 22.2 Å². The third-order valence-corrected chi connectivity index (χ3v) is 3.13. The normalized spacial score (nSPS) is 10.4. The van der Waals surface area contributed by atoms with Crippen molar-refractivity contribution in [3.8, 4) is 0 Å². The zero-order valence-electron chi connectivity index (χ0n) is 9.32. The first-order valence-electron chi connectivity index (χ1n) is 5.03. The van der Waals surface area contributed by atoms with Gasteiger partial charge in [-0.25, -0.2) is 9.97 Å². The van der Waals surface area contributed by atoms with Gasteiger partial charge in [0.15, 0.2) is 0 Å². The van der Waals surface area contributed by atoms with Gasteiger partial charge < -0.3 is 11.1 Å². The molecule has 0 aromatic carbocycles. The van der Waals surface area contributed by atoms with E-state index in [9.17, 15) is 0 Å². The first-order valence-corrected chi connectivity index (χ1v) is 5.85. The number of nitrogen functional groups attached to an aromatic ring is 1. The summed E-state index contributed by atoms with van der Waals surface area (Å²) in [6.07, 6.45) is 1.88. The third kappa shape index (κ3) is 2.49. The number of pyridine rings is 1. The molecule has 0 aliphatic carbocycles. The second-order valence-electron chi connectivity index (χ2n) is 3.59. The molecule has 0 spiro atoms. The van der Waals surface area contributed by atoms with Gasteiger partial charge in [0.25, 0.3) is 0 Å². The average Bonchev–Trinajstić information content (AvgIpc) is 2.66. The molecule has 0 unspecified atom stereocenters. The molecule has 0 fully saturated rings. The molecule has 5 heteroatoms. The maximum atomic E-state index is 5.70. The fourth-order valence-electron chi connectivity index (χ4n) is 1.32. The van der Waals surface area contributed by atoms with Crippen molar-refractivity contribution in [2.24, 2.45) is 0 Å². The third-order valence-electron chi connectivity index (χ3n) is 2.22. The SMILES string of the molecule is Cc1cnc(CNc2ccc(N)c(C)n2)s1. The smallest absolute Gasteiger partial charge is 0.126 e. The summed E-state index contributed by atoms with van der Waals surface area (Å²) in [5.74, 6) is 0.833. The van der Waals surface area contributed by atoms with Crippen LogP contribution in [0.4, 0.5) is 11.5 Å². The molecule has 0 aliphatic heterocycles. The van der Waals surface area contributed by atoms with E-state index in [1.165, 1.54) is 4.88 Å². The molecular formula is C11H14N4S. The topological polar surface area (TPSA) is 63.8 Å². The Morgan fingerprint density at radius 1 is 1.38 bits per heavy atom. The first kappa shape index (κ1) is 10.9. The maximum absolute atomic E-state index is 5.70. The van der Waals surface area contributed by atoms with Crippen molar-refractivity contribution in [2.75, 3.05) is 11.1 Å². The maximum Gasteiger partial charge on any atom is 0.126 e. The lowest BCUT2D eigenvalue weighted by Gasteiger charge is -2.05. The fraction of sp³-hybridized carbons (Fsp3) is 0.273. The molecule has 0 radical (unpaired) electrons. The van der Waals surface area contributed by atoms with Gasteiger partial charge in [-0.2, -0.15) is 0 Å². The highest BCUT2D eigenvalue weighted by atomic mass is 32.1. The van der Waals surface area contributed by atoms with Crippen LogP contribution in [0.1, 0.15) is 15.6 Å². The quantitative estimate of drug-likeness (QED) is 0.855. The molecule has 2 rings (SSSR count). The lowest BCUT2D eigenvalue weighted by molar-refractivity contribution is 1.07. The van der Waals surface area contributed by atoms with Crippen molar-refractivity contribution in [3.63, 3.8) is 0 Å². The standard InChI is InChI=1S/C11H14N4S/c1-7-5-14-11(16-7)6-13-10-4-3-9(12)8(2)15-10/h3-5H,6,12H2,1-2H3,(H,13,15). The second-order valence-corrected chi connectivity index (χ2v) is 4.91. The summed E-state index contributed by atoms with van der Waals surface area (Å²) >= 11 is 1.69. The number of nitrogens with zero attached hydrogens (tertiary/aromatic N) is 2. The van der Waals surface area contributed by atoms with E-state index >= 15 is 0 Å². The molecule has 2 aromatic rings. The van der Waals surface area contributed by atoms with Crippen molar-refractivity contribution in [1.82, 2.24) is 9.97 Å². The molecule has 0 atom stereocenters. The van der Waals surface area contributed by atoms with Crippen LogP contribution in [0.3, 0.4) is 0 Å². The Morgan fingerprint density at radius 3 is 2.81 bits per heavy atom. The lowest BCUT2D eigenvalue weighted by Crippen LogP contribution is -2.02. The molecule has 16 heavy (non-hydrogen) atoms. The highest BCUT2D eigenvalue weighted by Gasteiger charge is 2.01. The predicted molar refractivity (Wildman–Crippen MR) is 67.6 cm³/mol. The van der Waals surface area contributed by atoms with E-state index in [4.69, 9.17) is 5.73 Å². The predicted octanol–water partition coefficient (Wildman–Crippen LogP) is 2.35. The van der Waals surface area contributed by atoms with Crippen LogP contribution in [0, 0.1) is 13.8 Å². The Balaban J connectivity index is 2.02. The number of nitrogens with one attached hydrogen (secondary N) is 1. The summed E-state index contributed by atoms with van der Waals surface area (Å²) in [6, 6.07) is 3.74. The molecule has 0 aliphatic rings. The molecule has 0 amide bonds. The highest BCUT2D eigenvalue weighted by Crippen LogP contribution is 2.15. The molecule has 0 bridgehead atoms. The van der Waals surface area contributed by atoms with Gasteiger partial charge in [-0.3, -0.25) is 0 Å². The summed E-state index contributed by atoms with van der Waals surface area (Å²) in [6.45, 7) is 4.65. The summed E-state index contributed by atoms with van der Waals surface area (Å²) in [7, 11) is 0. The van der Waals surface area contributed by atoms with Crippen LogP contribution in [0.25, 0.3) is 0 Å². The highest BCUT2D eigenvalue weighted by molar-refractivity contribution is 7.11. The fourth-order valence-corrected chi connectivity index (χ4v) is 2.05. The number of thiazole rings is 1. The Kier molecular flexibility index (Phi) is 3.05. The molecular weight excluding hydrogens is 220 g/mol. The van der Waals surface area contributed by atoms with E-state index in [-0.39, 0.29) is 0 Å². The van der Waals surface area contributed by atoms with Crippen LogP contribution >= 0.6 is 11.3 Å². The molecule has 3 N–H and O–H groups in total. The van der Waals surface area contributed by atoms with Gasteiger partial charge in [0.2, 0.25) is 0 Å². The largest absolute Gasteiger partial charge is 0.397 e. The van der Waals surface area contributed by atoms with Gasteiger partial charge in [0, 0.05) is 11.1 Å². The van der Waals surface area contributed by atoms with Crippen LogP contribution in [-0.4, -0.2) is 9.97 Å². The van der Waals surface area contributed by atoms with Crippen LogP contribution in [-0.2, 0) is 6.54 Å². The molecule has 2 heterocycles. The second kappa shape index (κ2) is 4.49. The van der Waals surface area contributed by atoms with E-state index < -0.39 is 0 Å². The number of hydrogen-bond donors (Lipinski definition) is 2. The number of aryl methyl sites for hydroxylation is 2. The Bertz CT molecular complexity index is 492. The Labute approximate surface area is 98.6 Å². The van der Waals surface area contributed by atoms with Crippen molar-refractivity contribution in [1.29, 1.82) is 0 Å². The van der Waals surface area contributed by atoms with Gasteiger partial charge in [-0.15, -0.1) is 11.3 Å². The number of nitrogens with two attached hydrogens (primary N) is 1. The molecule has 4 nitrogen and oxygen atoms in total. The van der Waals surface area contributed by atoms with E-state index in [0.29, 0.717) is 6.54 Å². The van der Waals surface area contributed by atoms with Gasteiger partial charge in [0.05, 0.1) is 17.9 Å². The molecule has 0 saturated heterocycles. The monoisotopic (exact) mass is 234 g/mol. The molecule has 84 valence electrons. The van der Waals surface area contributed by atoms with Crippen molar-refractivity contribution < 1.29 is 0 Å². The minimum absolute atomic E-state index is 0.703. The molecule has 2 aromatic heterocycles. The summed E-state index contributed by atoms with van der Waals surface area (Å²) in [5, 5.41) is 4.29. The summed E-state index contributed by atoms with van der Waals surface area (Å²) < 4.78 is 0. The number of anilines is 2. The molecule has 0 saturated carbocycles. The zero-order valence-corrected chi connectivity index (χ0v) is 10.1. The van der Waals surface area contributed by atoms with Gasteiger partial charge in [0.1, 0.15) is 10.8 Å². The van der Waals surface area contributed by atoms with Crippen molar-refractivity contribution >= 4 is 22.8 Å². The van der Waals surface area contributed by atoms with E-state index in [1.807, 2.05) is 32.2 Å². The minimum Gasteiger partial charge on any atom is -0.397 e. The summed E-state index contributed by atoms with van der Waals surface area (Å²) in [5.41, 5.74) is 7.26. The van der Waals surface area contributed by atoms with Crippen LogP contribution in [0.15, 0.2) is 18.3 Å². The van der Waals surface area contributed by atoms with E-state index in [2.05, 4.69) is 15.3 Å². The zero-order chi connectivity index (χ0) is 11.5. The average molecular weight is 234 g/mol. The van der Waals surface area contributed by atoms with Crippen LogP contribution in [0.2, 0.25) is 0 Å². The van der Waals surface area contributed by atoms with Crippen LogP contribution < -0.4 is 11.1 Å². The summed E-state index contributed by atoms with van der Waals surface area (Å²) in [4.78, 5) is 9.83. The van der Waals surface area contributed by atoms with Gasteiger partial charge in [-0.1, -0.05) is 0 Å². The Morgan fingerprint density at radius 2 is 2.19 bits per heavy atom. The number of aromatic nitrogens is 2. The minimum atomic E-state index is 0.703. The number of rotatable bonds is 3. The van der Waals surface area contributed by atoms with E-state index in [1.54, 1.807) is 11.3 Å². The van der Waals surface area contributed by atoms with Gasteiger partial charge in [-0.05, 0) is 26.0 Å². The van der Waals surface area contributed by atoms with Crippen LogP contribution in [0.5, 0.6) is 0 Å². The van der Waals surface area contributed by atoms with Crippen molar-refractivity contribution in [3.05, 3.63) is 33.9 Å². The Hall–Kier alpha value is -1.62. The first-order chi connectivity index (χ1) is 7.65. The van der Waals surface area contributed by atoms with Gasteiger partial charge >= 0.3 is 0 Å².